The molecule has 0 saturated carbocycles. The van der Waals surface area contributed by atoms with Gasteiger partial charge >= 0.3 is 0 Å². The number of aryl methyl sites for hydroxylation is 1. The third-order valence-corrected chi connectivity index (χ3v) is 4.56. The molecule has 2 aromatic heterocycles. The fourth-order valence-electron chi connectivity index (χ4n) is 3.25. The first kappa shape index (κ1) is 16.9. The van der Waals surface area contributed by atoms with Crippen LogP contribution in [0.15, 0.2) is 59.4 Å². The molecule has 0 atom stereocenters. The predicted molar refractivity (Wildman–Crippen MR) is 105 cm³/mol. The van der Waals surface area contributed by atoms with E-state index in [1.165, 1.54) is 10.6 Å². The van der Waals surface area contributed by atoms with Crippen LogP contribution in [0.3, 0.4) is 0 Å². The second-order valence-electron chi connectivity index (χ2n) is 6.18. The number of fused-ring (bicyclic) bond motifs is 1. The Hall–Kier alpha value is -3.54. The van der Waals surface area contributed by atoms with Crippen LogP contribution in [0.4, 0.5) is 0 Å². The van der Waals surface area contributed by atoms with E-state index < -0.39 is 0 Å². The van der Waals surface area contributed by atoms with Crippen molar-refractivity contribution in [2.24, 2.45) is 0 Å². The van der Waals surface area contributed by atoms with Gasteiger partial charge in [0, 0.05) is 22.9 Å². The summed E-state index contributed by atoms with van der Waals surface area (Å²) in [4.78, 5) is 17.5. The molecule has 1 N–H and O–H groups in total. The minimum atomic E-state index is -0.177. The van der Waals surface area contributed by atoms with Crippen molar-refractivity contribution in [2.45, 2.75) is 6.92 Å². The molecule has 0 unspecified atom stereocenters. The van der Waals surface area contributed by atoms with E-state index in [1.54, 1.807) is 14.2 Å². The Bertz CT molecular complexity index is 1170. The van der Waals surface area contributed by atoms with Gasteiger partial charge in [-0.2, -0.15) is 0 Å². The predicted octanol–water partition coefficient (Wildman–Crippen LogP) is 3.68. The average molecular weight is 361 g/mol. The first-order valence-electron chi connectivity index (χ1n) is 8.52. The maximum atomic E-state index is 12.7. The second kappa shape index (κ2) is 6.64. The van der Waals surface area contributed by atoms with Crippen molar-refractivity contribution in [2.75, 3.05) is 14.2 Å². The minimum Gasteiger partial charge on any atom is -0.497 e. The Kier molecular flexibility index (Phi) is 4.16. The third-order valence-electron chi connectivity index (χ3n) is 4.56. The summed E-state index contributed by atoms with van der Waals surface area (Å²) in [5.41, 5.74) is 4.45. The molecule has 136 valence electrons. The molecule has 0 amide bonds. The number of benzene rings is 2. The van der Waals surface area contributed by atoms with Gasteiger partial charge in [0.25, 0.3) is 5.56 Å². The fraction of sp³-hybridized carbons (Fsp3) is 0.143. The molecular weight excluding hydrogens is 342 g/mol. The Labute approximate surface area is 156 Å². The standard InChI is InChI=1S/C21H19N3O3/c1-13-20(14-8-10-15(26-2)11-9-14)21-22-17(12-19(25)24(21)23-13)16-6-4-5-7-18(16)27-3/h4-12,23H,1-3H3. The number of H-pyrrole nitrogens is 1. The van der Waals surface area contributed by atoms with Crippen molar-refractivity contribution < 1.29 is 9.47 Å². The first-order chi connectivity index (χ1) is 13.1. The van der Waals surface area contributed by atoms with Gasteiger partial charge in [0.1, 0.15) is 11.5 Å². The number of aromatic amines is 1. The quantitative estimate of drug-likeness (QED) is 0.602. The molecule has 6 nitrogen and oxygen atoms in total. The molecule has 0 aliphatic rings. The topological polar surface area (TPSA) is 68.6 Å². The van der Waals surface area contributed by atoms with Crippen LogP contribution in [0.5, 0.6) is 11.5 Å². The summed E-state index contributed by atoms with van der Waals surface area (Å²) in [6.45, 7) is 1.93. The lowest BCUT2D eigenvalue weighted by Gasteiger charge is -2.08. The van der Waals surface area contributed by atoms with Crippen LogP contribution in [0.2, 0.25) is 0 Å². The number of para-hydroxylation sites is 1. The highest BCUT2D eigenvalue weighted by Crippen LogP contribution is 2.31. The van der Waals surface area contributed by atoms with E-state index in [0.29, 0.717) is 17.1 Å². The highest BCUT2D eigenvalue weighted by atomic mass is 16.5. The van der Waals surface area contributed by atoms with E-state index in [2.05, 4.69) is 5.10 Å². The van der Waals surface area contributed by atoms with Gasteiger partial charge in [-0.15, -0.1) is 0 Å². The molecule has 0 fully saturated rings. The molecule has 2 heterocycles. The van der Waals surface area contributed by atoms with E-state index in [9.17, 15) is 4.79 Å². The number of hydrogen-bond acceptors (Lipinski definition) is 4. The Balaban J connectivity index is 1.97. The van der Waals surface area contributed by atoms with E-state index in [1.807, 2.05) is 55.5 Å². The molecule has 27 heavy (non-hydrogen) atoms. The Morgan fingerprint density at radius 1 is 1.00 bits per heavy atom. The largest absolute Gasteiger partial charge is 0.497 e. The van der Waals surface area contributed by atoms with Gasteiger partial charge in [-0.1, -0.05) is 24.3 Å². The van der Waals surface area contributed by atoms with Gasteiger partial charge in [-0.05, 0) is 36.8 Å². The van der Waals surface area contributed by atoms with Crippen LogP contribution in [-0.2, 0) is 0 Å². The molecule has 0 saturated heterocycles. The van der Waals surface area contributed by atoms with Crippen LogP contribution in [-0.4, -0.2) is 28.8 Å². The molecule has 0 spiro atoms. The number of nitrogens with one attached hydrogen (secondary N) is 1. The van der Waals surface area contributed by atoms with Crippen LogP contribution >= 0.6 is 0 Å². The highest BCUT2D eigenvalue weighted by Gasteiger charge is 2.16. The summed E-state index contributed by atoms with van der Waals surface area (Å²) in [5, 5.41) is 3.11. The van der Waals surface area contributed by atoms with Gasteiger partial charge in [0.2, 0.25) is 0 Å². The van der Waals surface area contributed by atoms with Gasteiger partial charge < -0.3 is 9.47 Å². The molecule has 2 aromatic carbocycles. The molecule has 0 bridgehead atoms. The fourth-order valence-corrected chi connectivity index (χ4v) is 3.25. The summed E-state index contributed by atoms with van der Waals surface area (Å²) < 4.78 is 12.1. The van der Waals surface area contributed by atoms with Crippen LogP contribution < -0.4 is 15.0 Å². The SMILES string of the molecule is COc1ccc(-c2c(C)[nH]n3c(=O)cc(-c4ccccc4OC)nc23)cc1. The van der Waals surface area contributed by atoms with E-state index >= 15 is 0 Å². The zero-order valence-electron chi connectivity index (χ0n) is 15.3. The number of methoxy groups -OCH3 is 2. The van der Waals surface area contributed by atoms with E-state index in [0.717, 1.165) is 28.1 Å². The summed E-state index contributed by atoms with van der Waals surface area (Å²) in [6, 6.07) is 16.7. The van der Waals surface area contributed by atoms with Gasteiger partial charge in [-0.25, -0.2) is 9.50 Å². The maximum absolute atomic E-state index is 12.7. The number of rotatable bonds is 4. The van der Waals surface area contributed by atoms with Crippen LogP contribution in [0.25, 0.3) is 28.0 Å². The van der Waals surface area contributed by atoms with Crippen molar-refractivity contribution in [3.05, 3.63) is 70.6 Å². The normalized spacial score (nSPS) is 10.9. The van der Waals surface area contributed by atoms with Gasteiger partial charge in [-0.3, -0.25) is 9.89 Å². The van der Waals surface area contributed by atoms with Crippen molar-refractivity contribution >= 4 is 5.65 Å². The lowest BCUT2D eigenvalue weighted by molar-refractivity contribution is 0.415. The Morgan fingerprint density at radius 2 is 1.74 bits per heavy atom. The molecule has 6 heteroatoms. The van der Waals surface area contributed by atoms with Crippen LogP contribution in [0.1, 0.15) is 5.69 Å². The molecule has 4 aromatic rings. The zero-order valence-corrected chi connectivity index (χ0v) is 15.3. The number of ether oxygens (including phenoxy) is 2. The lowest BCUT2D eigenvalue weighted by Crippen LogP contribution is -2.14. The number of nitrogens with zero attached hydrogens (tertiary/aromatic N) is 2. The number of aromatic nitrogens is 3. The second-order valence-corrected chi connectivity index (χ2v) is 6.18. The average Bonchev–Trinajstić information content (AvgIpc) is 3.04. The smallest absolute Gasteiger partial charge is 0.273 e. The van der Waals surface area contributed by atoms with Gasteiger partial charge in [0.05, 0.1) is 19.9 Å². The third kappa shape index (κ3) is 2.85. The monoisotopic (exact) mass is 361 g/mol. The lowest BCUT2D eigenvalue weighted by atomic mass is 10.1. The summed E-state index contributed by atoms with van der Waals surface area (Å²) >= 11 is 0. The first-order valence-corrected chi connectivity index (χ1v) is 8.52. The van der Waals surface area contributed by atoms with Gasteiger partial charge in [0.15, 0.2) is 5.65 Å². The maximum Gasteiger partial charge on any atom is 0.273 e. The molecule has 0 aliphatic carbocycles. The summed E-state index contributed by atoms with van der Waals surface area (Å²) in [7, 11) is 3.24. The summed E-state index contributed by atoms with van der Waals surface area (Å²) in [6.07, 6.45) is 0. The van der Waals surface area contributed by atoms with Crippen molar-refractivity contribution in [3.63, 3.8) is 0 Å². The van der Waals surface area contributed by atoms with E-state index in [-0.39, 0.29) is 5.56 Å². The van der Waals surface area contributed by atoms with Crippen molar-refractivity contribution in [1.29, 1.82) is 0 Å². The Morgan fingerprint density at radius 3 is 2.44 bits per heavy atom. The van der Waals surface area contributed by atoms with Crippen LogP contribution in [0, 0.1) is 6.92 Å². The van der Waals surface area contributed by atoms with Crippen molar-refractivity contribution in [3.8, 4) is 33.9 Å². The number of hydrogen-bond donors (Lipinski definition) is 1. The van der Waals surface area contributed by atoms with Crippen molar-refractivity contribution in [1.82, 2.24) is 14.6 Å². The molecule has 0 aliphatic heterocycles. The zero-order chi connectivity index (χ0) is 19.0. The van der Waals surface area contributed by atoms with E-state index in [4.69, 9.17) is 14.5 Å². The minimum absolute atomic E-state index is 0.177. The highest BCUT2D eigenvalue weighted by molar-refractivity contribution is 5.81. The molecule has 0 radical (unpaired) electrons. The molecular formula is C21H19N3O3. The molecule has 4 rings (SSSR count). The summed E-state index contributed by atoms with van der Waals surface area (Å²) in [5.74, 6) is 1.45.